The van der Waals surface area contributed by atoms with Crippen LogP contribution in [0.5, 0.6) is 0 Å². The van der Waals surface area contributed by atoms with Crippen molar-refractivity contribution in [2.75, 3.05) is 6.61 Å². The second-order valence-corrected chi connectivity index (χ2v) is 3.87. The van der Waals surface area contributed by atoms with E-state index in [1.54, 1.807) is 6.92 Å². The second-order valence-electron chi connectivity index (χ2n) is 3.08. The average molecular weight is 287 g/mol. The zero-order valence-electron chi connectivity index (χ0n) is 8.38. The highest BCUT2D eigenvalue weighted by atomic mass is 79.9. The summed E-state index contributed by atoms with van der Waals surface area (Å²) in [6.07, 6.45) is 0. The minimum Gasteiger partial charge on any atom is -0.461 e. The largest absolute Gasteiger partial charge is 0.461 e. The molecule has 0 radical (unpaired) electrons. The third kappa shape index (κ3) is 1.69. The number of ether oxygens (including phenoxy) is 1. The maximum atomic E-state index is 13.2. The Labute approximate surface area is 98.9 Å². The van der Waals surface area contributed by atoms with Crippen LogP contribution in [0.4, 0.5) is 4.39 Å². The molecule has 4 nitrogen and oxygen atoms in total. The van der Waals surface area contributed by atoms with Crippen molar-refractivity contribution < 1.29 is 13.9 Å². The summed E-state index contributed by atoms with van der Waals surface area (Å²) in [5, 5.41) is 6.95. The summed E-state index contributed by atoms with van der Waals surface area (Å²) >= 11 is 3.07. The van der Waals surface area contributed by atoms with Gasteiger partial charge in [0, 0.05) is 5.39 Å². The summed E-state index contributed by atoms with van der Waals surface area (Å²) in [6, 6.07) is 2.76. The summed E-state index contributed by atoms with van der Waals surface area (Å²) in [6.45, 7) is 1.99. The third-order valence-electron chi connectivity index (χ3n) is 2.10. The number of aromatic amines is 1. The Kier molecular flexibility index (Phi) is 2.91. The summed E-state index contributed by atoms with van der Waals surface area (Å²) in [7, 11) is 0. The first kappa shape index (κ1) is 11.1. The van der Waals surface area contributed by atoms with E-state index in [9.17, 15) is 9.18 Å². The van der Waals surface area contributed by atoms with E-state index >= 15 is 0 Å². The zero-order valence-corrected chi connectivity index (χ0v) is 9.97. The van der Waals surface area contributed by atoms with Gasteiger partial charge in [0.25, 0.3) is 0 Å². The standard InChI is InChI=1S/C10H8BrFN2O2/c1-2-16-10(15)9-5-3-4-6(12)7(11)8(5)13-14-9/h3-4H,2H2,1H3,(H,13,14). The molecule has 6 heteroatoms. The van der Waals surface area contributed by atoms with E-state index in [4.69, 9.17) is 4.74 Å². The van der Waals surface area contributed by atoms with E-state index in [0.717, 1.165) is 0 Å². The van der Waals surface area contributed by atoms with Crippen LogP contribution in [0, 0.1) is 5.82 Å². The van der Waals surface area contributed by atoms with E-state index < -0.39 is 11.8 Å². The molecule has 0 aliphatic carbocycles. The number of carbonyl (C=O) groups excluding carboxylic acids is 1. The number of benzene rings is 1. The van der Waals surface area contributed by atoms with Crippen LogP contribution in [0.3, 0.4) is 0 Å². The molecule has 1 aromatic heterocycles. The number of rotatable bonds is 2. The summed E-state index contributed by atoms with van der Waals surface area (Å²) < 4.78 is 18.3. The van der Waals surface area contributed by atoms with Gasteiger partial charge in [-0.1, -0.05) is 0 Å². The fourth-order valence-corrected chi connectivity index (χ4v) is 1.82. The number of carbonyl (C=O) groups is 1. The lowest BCUT2D eigenvalue weighted by Gasteiger charge is -1.99. The molecule has 0 aliphatic heterocycles. The number of aromatic nitrogens is 2. The maximum absolute atomic E-state index is 13.2. The predicted molar refractivity (Wildman–Crippen MR) is 59.7 cm³/mol. The normalized spacial score (nSPS) is 10.7. The summed E-state index contributed by atoms with van der Waals surface area (Å²) in [5.74, 6) is -0.919. The van der Waals surface area contributed by atoms with Crippen molar-refractivity contribution in [1.29, 1.82) is 0 Å². The number of nitrogens with one attached hydrogen (secondary N) is 1. The Morgan fingerprint density at radius 2 is 2.38 bits per heavy atom. The molecule has 0 saturated heterocycles. The van der Waals surface area contributed by atoms with Crippen LogP contribution in [0.15, 0.2) is 16.6 Å². The molecule has 2 rings (SSSR count). The quantitative estimate of drug-likeness (QED) is 0.864. The van der Waals surface area contributed by atoms with Crippen molar-refractivity contribution in [1.82, 2.24) is 10.2 Å². The molecular formula is C10H8BrFN2O2. The Hall–Kier alpha value is -1.43. The fourth-order valence-electron chi connectivity index (χ4n) is 1.38. The SMILES string of the molecule is CCOC(=O)c1[nH]nc2c(Br)c(F)ccc12. The number of nitrogens with zero attached hydrogens (tertiary/aromatic N) is 1. The Balaban J connectivity index is 2.58. The van der Waals surface area contributed by atoms with E-state index in [1.165, 1.54) is 12.1 Å². The van der Waals surface area contributed by atoms with Crippen molar-refractivity contribution in [3.63, 3.8) is 0 Å². The molecule has 16 heavy (non-hydrogen) atoms. The minimum absolute atomic E-state index is 0.233. The molecule has 0 spiro atoms. The van der Waals surface area contributed by atoms with E-state index in [1.807, 2.05) is 0 Å². The molecule has 0 saturated carbocycles. The number of fused-ring (bicyclic) bond motifs is 1. The molecule has 0 unspecified atom stereocenters. The van der Waals surface area contributed by atoms with Crippen LogP contribution in [0.1, 0.15) is 17.4 Å². The van der Waals surface area contributed by atoms with Crippen molar-refractivity contribution in [3.8, 4) is 0 Å². The first-order valence-electron chi connectivity index (χ1n) is 4.64. The number of hydrogen-bond acceptors (Lipinski definition) is 3. The van der Waals surface area contributed by atoms with Crippen molar-refractivity contribution in [2.45, 2.75) is 6.92 Å². The monoisotopic (exact) mass is 286 g/mol. The van der Waals surface area contributed by atoms with Crippen molar-refractivity contribution >= 4 is 32.8 Å². The molecule has 0 fully saturated rings. The van der Waals surface area contributed by atoms with Crippen LogP contribution in [-0.4, -0.2) is 22.8 Å². The first-order chi connectivity index (χ1) is 7.65. The van der Waals surface area contributed by atoms with Gasteiger partial charge >= 0.3 is 5.97 Å². The molecule has 0 aliphatic rings. The number of esters is 1. The number of hydrogen-bond donors (Lipinski definition) is 1. The third-order valence-corrected chi connectivity index (χ3v) is 2.85. The van der Waals surface area contributed by atoms with Gasteiger partial charge in [0.15, 0.2) is 5.69 Å². The second kappa shape index (κ2) is 4.21. The molecular weight excluding hydrogens is 279 g/mol. The topological polar surface area (TPSA) is 55.0 Å². The highest BCUT2D eigenvalue weighted by molar-refractivity contribution is 9.10. The molecule has 2 aromatic rings. The van der Waals surface area contributed by atoms with Gasteiger partial charge in [-0.2, -0.15) is 5.10 Å². The predicted octanol–water partition coefficient (Wildman–Crippen LogP) is 2.64. The fraction of sp³-hybridized carbons (Fsp3) is 0.200. The smallest absolute Gasteiger partial charge is 0.356 e. The Morgan fingerprint density at radius 3 is 3.06 bits per heavy atom. The Morgan fingerprint density at radius 1 is 1.62 bits per heavy atom. The highest BCUT2D eigenvalue weighted by Gasteiger charge is 2.17. The maximum Gasteiger partial charge on any atom is 0.356 e. The van der Waals surface area contributed by atoms with Crippen LogP contribution in [-0.2, 0) is 4.74 Å². The van der Waals surface area contributed by atoms with Crippen molar-refractivity contribution in [3.05, 3.63) is 28.1 Å². The minimum atomic E-state index is -0.497. The molecule has 0 amide bonds. The van der Waals surface area contributed by atoms with Gasteiger partial charge in [0.05, 0.1) is 11.1 Å². The van der Waals surface area contributed by atoms with Gasteiger partial charge in [-0.05, 0) is 35.0 Å². The van der Waals surface area contributed by atoms with E-state index in [-0.39, 0.29) is 16.8 Å². The lowest BCUT2D eigenvalue weighted by Crippen LogP contribution is -2.05. The number of H-pyrrole nitrogens is 1. The van der Waals surface area contributed by atoms with Gasteiger partial charge < -0.3 is 4.74 Å². The lowest BCUT2D eigenvalue weighted by atomic mass is 10.2. The van der Waals surface area contributed by atoms with Crippen LogP contribution >= 0.6 is 15.9 Å². The Bertz CT molecular complexity index is 553. The van der Waals surface area contributed by atoms with Gasteiger partial charge in [0.2, 0.25) is 0 Å². The van der Waals surface area contributed by atoms with Gasteiger partial charge in [-0.25, -0.2) is 9.18 Å². The molecule has 1 N–H and O–H groups in total. The molecule has 84 valence electrons. The summed E-state index contributed by atoms with van der Waals surface area (Å²) in [5.41, 5.74) is 0.612. The van der Waals surface area contributed by atoms with E-state index in [0.29, 0.717) is 10.9 Å². The summed E-state index contributed by atoms with van der Waals surface area (Å²) in [4.78, 5) is 11.5. The number of halogens is 2. The zero-order chi connectivity index (χ0) is 11.7. The molecule has 1 heterocycles. The van der Waals surface area contributed by atoms with Crippen LogP contribution in [0.25, 0.3) is 10.9 Å². The van der Waals surface area contributed by atoms with Gasteiger partial charge in [-0.3, -0.25) is 5.10 Å². The lowest BCUT2D eigenvalue weighted by molar-refractivity contribution is 0.0521. The highest BCUT2D eigenvalue weighted by Crippen LogP contribution is 2.27. The van der Waals surface area contributed by atoms with Crippen LogP contribution in [0.2, 0.25) is 0 Å². The van der Waals surface area contributed by atoms with Crippen molar-refractivity contribution in [2.24, 2.45) is 0 Å². The molecule has 0 atom stereocenters. The van der Waals surface area contributed by atoms with Gasteiger partial charge in [0.1, 0.15) is 11.3 Å². The van der Waals surface area contributed by atoms with E-state index in [2.05, 4.69) is 26.1 Å². The molecule has 1 aromatic carbocycles. The average Bonchev–Trinajstić information content (AvgIpc) is 2.68. The first-order valence-corrected chi connectivity index (χ1v) is 5.43. The van der Waals surface area contributed by atoms with Gasteiger partial charge in [-0.15, -0.1) is 0 Å². The molecule has 0 bridgehead atoms. The van der Waals surface area contributed by atoms with Crippen LogP contribution < -0.4 is 0 Å².